The summed E-state index contributed by atoms with van der Waals surface area (Å²) in [6.07, 6.45) is 0.255. The van der Waals surface area contributed by atoms with E-state index in [1.54, 1.807) is 17.0 Å². The average molecular weight is 320 g/mol. The quantitative estimate of drug-likeness (QED) is 0.475. The van der Waals surface area contributed by atoms with Crippen molar-refractivity contribution in [2.75, 3.05) is 13.1 Å². The van der Waals surface area contributed by atoms with Crippen molar-refractivity contribution in [3.63, 3.8) is 0 Å². The largest absolute Gasteiger partial charge is 0.444 e. The maximum atomic E-state index is 12.1. The third-order valence-electron chi connectivity index (χ3n) is 4.17. The molecule has 0 N–H and O–H groups in total. The number of hydrogen-bond donors (Lipinski definition) is 0. The van der Waals surface area contributed by atoms with Crippen molar-refractivity contribution in [2.45, 2.75) is 44.5 Å². The Morgan fingerprint density at radius 2 is 2.04 bits per heavy atom. The fourth-order valence-electron chi connectivity index (χ4n) is 2.97. The Morgan fingerprint density at radius 3 is 2.57 bits per heavy atom. The van der Waals surface area contributed by atoms with Gasteiger partial charge in [-0.25, -0.2) is 4.79 Å². The average Bonchev–Trinajstić information content (AvgIpc) is 3.20. The van der Waals surface area contributed by atoms with Crippen LogP contribution in [0.2, 0.25) is 0 Å². The molecule has 1 aromatic carbocycles. The van der Waals surface area contributed by atoms with Gasteiger partial charge in [-0.2, -0.15) is 0 Å². The number of epoxide rings is 1. The number of nitro benzene ring substituents is 1. The van der Waals surface area contributed by atoms with Gasteiger partial charge in [-0.3, -0.25) is 10.1 Å². The Morgan fingerprint density at radius 1 is 1.39 bits per heavy atom. The number of piperidine rings is 1. The van der Waals surface area contributed by atoms with Crippen LogP contribution in [0.4, 0.5) is 10.5 Å². The van der Waals surface area contributed by atoms with Gasteiger partial charge >= 0.3 is 6.09 Å². The number of nitrogens with zero attached hydrogens (tertiary/aromatic N) is 2. The number of carbonyl (C=O) groups excluding carboxylic acids is 1. The maximum absolute atomic E-state index is 12.1. The first-order valence-corrected chi connectivity index (χ1v) is 7.62. The van der Waals surface area contributed by atoms with Crippen LogP contribution in [0.1, 0.15) is 32.8 Å². The summed E-state index contributed by atoms with van der Waals surface area (Å²) in [5, 5.41) is 10.7. The molecule has 23 heavy (non-hydrogen) atoms. The maximum Gasteiger partial charge on any atom is 0.410 e. The summed E-state index contributed by atoms with van der Waals surface area (Å²) in [5.74, 6) is 0. The molecular weight excluding hydrogens is 300 g/mol. The van der Waals surface area contributed by atoms with Gasteiger partial charge in [0.25, 0.3) is 5.69 Å². The number of likely N-dealkylation sites (tertiary alicyclic amines) is 1. The first-order chi connectivity index (χ1) is 10.7. The minimum atomic E-state index is -0.519. The molecule has 2 fully saturated rings. The van der Waals surface area contributed by atoms with E-state index in [-0.39, 0.29) is 17.9 Å². The highest BCUT2D eigenvalue weighted by molar-refractivity contribution is 5.68. The number of fused-ring (bicyclic) bond motifs is 1. The predicted molar refractivity (Wildman–Crippen MR) is 82.1 cm³/mol. The summed E-state index contributed by atoms with van der Waals surface area (Å²) < 4.78 is 11.2. The van der Waals surface area contributed by atoms with Gasteiger partial charge in [0.1, 0.15) is 17.3 Å². The lowest BCUT2D eigenvalue weighted by Crippen LogP contribution is -2.44. The van der Waals surface area contributed by atoms with Gasteiger partial charge in [0.2, 0.25) is 0 Å². The number of carbonyl (C=O) groups is 1. The van der Waals surface area contributed by atoms with Gasteiger partial charge in [-0.15, -0.1) is 0 Å². The molecule has 0 aliphatic carbocycles. The Balaban J connectivity index is 1.66. The van der Waals surface area contributed by atoms with Crippen molar-refractivity contribution in [3.05, 3.63) is 39.9 Å². The molecule has 0 bridgehead atoms. The van der Waals surface area contributed by atoms with Crippen LogP contribution in [-0.4, -0.2) is 40.7 Å². The van der Waals surface area contributed by atoms with Gasteiger partial charge in [-0.05, 0) is 38.5 Å². The number of ether oxygens (including phenoxy) is 2. The van der Waals surface area contributed by atoms with Crippen molar-refractivity contribution in [1.82, 2.24) is 4.90 Å². The van der Waals surface area contributed by atoms with E-state index in [1.165, 1.54) is 12.1 Å². The highest BCUT2D eigenvalue weighted by Gasteiger charge is 2.60. The van der Waals surface area contributed by atoms with Gasteiger partial charge in [-0.1, -0.05) is 0 Å². The molecule has 0 saturated carbocycles. The Hall–Kier alpha value is -2.15. The molecule has 0 unspecified atom stereocenters. The lowest BCUT2D eigenvalue weighted by Gasteiger charge is -2.31. The summed E-state index contributed by atoms with van der Waals surface area (Å²) >= 11 is 0. The summed E-state index contributed by atoms with van der Waals surface area (Å²) in [5.41, 5.74) is 0.0626. The minimum Gasteiger partial charge on any atom is -0.444 e. The zero-order valence-electron chi connectivity index (χ0n) is 13.4. The standard InChI is InChI=1S/C16H20N2O5/c1-15(2,3)23-14(19)17-9-8-16(13(10-17)22-16)11-4-6-12(7-5-11)18(20)21/h4-7,13H,8-10H2,1-3H3/t13-,16-/m0/s1. The van der Waals surface area contributed by atoms with Gasteiger partial charge < -0.3 is 14.4 Å². The first-order valence-electron chi connectivity index (χ1n) is 7.62. The second-order valence-corrected chi connectivity index (χ2v) is 6.98. The first kappa shape index (κ1) is 15.7. The molecule has 1 aromatic rings. The fraction of sp³-hybridized carbons (Fsp3) is 0.562. The smallest absolute Gasteiger partial charge is 0.410 e. The molecule has 2 atom stereocenters. The molecule has 3 rings (SSSR count). The predicted octanol–water partition coefficient (Wildman–Crippen LogP) is 2.83. The van der Waals surface area contributed by atoms with Crippen LogP contribution in [0.5, 0.6) is 0 Å². The normalized spacial score (nSPS) is 26.4. The lowest BCUT2D eigenvalue weighted by molar-refractivity contribution is -0.384. The lowest BCUT2D eigenvalue weighted by atomic mass is 9.89. The molecule has 0 radical (unpaired) electrons. The molecular formula is C16H20N2O5. The summed E-state index contributed by atoms with van der Waals surface area (Å²) in [4.78, 5) is 24.1. The van der Waals surface area contributed by atoms with E-state index >= 15 is 0 Å². The summed E-state index contributed by atoms with van der Waals surface area (Å²) in [7, 11) is 0. The highest BCUT2D eigenvalue weighted by Crippen LogP contribution is 2.52. The van der Waals surface area contributed by atoms with Crippen molar-refractivity contribution in [2.24, 2.45) is 0 Å². The molecule has 2 aliphatic heterocycles. The van der Waals surface area contributed by atoms with E-state index in [0.717, 1.165) is 5.56 Å². The van der Waals surface area contributed by atoms with Gasteiger partial charge in [0.05, 0.1) is 11.5 Å². The Labute approximate surface area is 134 Å². The van der Waals surface area contributed by atoms with Crippen LogP contribution in [0.25, 0.3) is 0 Å². The van der Waals surface area contributed by atoms with E-state index in [4.69, 9.17) is 9.47 Å². The van der Waals surface area contributed by atoms with Crippen LogP contribution < -0.4 is 0 Å². The second kappa shape index (κ2) is 5.19. The Kier molecular flexibility index (Phi) is 3.55. The zero-order valence-corrected chi connectivity index (χ0v) is 13.4. The molecule has 0 aromatic heterocycles. The van der Waals surface area contributed by atoms with E-state index in [1.807, 2.05) is 20.8 Å². The van der Waals surface area contributed by atoms with Crippen molar-refractivity contribution in [3.8, 4) is 0 Å². The molecule has 2 saturated heterocycles. The molecule has 7 nitrogen and oxygen atoms in total. The second-order valence-electron chi connectivity index (χ2n) is 6.98. The molecule has 1 amide bonds. The van der Waals surface area contributed by atoms with Gasteiger partial charge in [0.15, 0.2) is 0 Å². The summed E-state index contributed by atoms with van der Waals surface area (Å²) in [6.45, 7) is 6.53. The number of non-ortho nitro benzene ring substituents is 1. The molecule has 2 heterocycles. The zero-order chi connectivity index (χ0) is 16.8. The highest BCUT2D eigenvalue weighted by atomic mass is 16.6. The third kappa shape index (κ3) is 3.01. The van der Waals surface area contributed by atoms with Crippen molar-refractivity contribution >= 4 is 11.8 Å². The van der Waals surface area contributed by atoms with Crippen LogP contribution in [0.3, 0.4) is 0 Å². The minimum absolute atomic E-state index is 0.0635. The number of hydrogen-bond acceptors (Lipinski definition) is 5. The van der Waals surface area contributed by atoms with Crippen LogP contribution in [0, 0.1) is 10.1 Å². The van der Waals surface area contributed by atoms with E-state index in [2.05, 4.69) is 0 Å². The molecule has 124 valence electrons. The van der Waals surface area contributed by atoms with Gasteiger partial charge in [0, 0.05) is 25.1 Å². The van der Waals surface area contributed by atoms with Crippen LogP contribution >= 0.6 is 0 Å². The fourth-order valence-corrected chi connectivity index (χ4v) is 2.97. The third-order valence-corrected chi connectivity index (χ3v) is 4.17. The van der Waals surface area contributed by atoms with Crippen LogP contribution in [-0.2, 0) is 15.1 Å². The summed E-state index contributed by atoms with van der Waals surface area (Å²) in [6, 6.07) is 6.45. The molecule has 0 spiro atoms. The molecule has 7 heteroatoms. The number of amides is 1. The van der Waals surface area contributed by atoms with E-state index < -0.39 is 16.1 Å². The topological polar surface area (TPSA) is 85.2 Å². The number of nitro groups is 1. The van der Waals surface area contributed by atoms with Crippen molar-refractivity contribution in [1.29, 1.82) is 0 Å². The number of benzene rings is 1. The SMILES string of the molecule is CC(C)(C)OC(=O)N1CC[C@@]2(c3ccc([N+](=O)[O-])cc3)O[C@H]2C1. The molecule has 2 aliphatic rings. The van der Waals surface area contributed by atoms with Crippen molar-refractivity contribution < 1.29 is 19.2 Å². The van der Waals surface area contributed by atoms with Crippen LogP contribution in [0.15, 0.2) is 24.3 Å². The van der Waals surface area contributed by atoms with E-state index in [9.17, 15) is 14.9 Å². The monoisotopic (exact) mass is 320 g/mol. The number of rotatable bonds is 2. The Bertz CT molecular complexity index is 637. The van der Waals surface area contributed by atoms with E-state index in [0.29, 0.717) is 19.5 Å².